The topological polar surface area (TPSA) is 9.23 Å². The fraction of sp³-hybridized carbons (Fsp3) is 0.333. The van der Waals surface area contributed by atoms with Gasteiger partial charge in [0.15, 0.2) is 0 Å². The molecule has 0 N–H and O–H groups in total. The maximum absolute atomic E-state index is 5.91. The Labute approximate surface area is 119 Å². The molecule has 0 aliphatic heterocycles. The lowest BCUT2D eigenvalue weighted by Gasteiger charge is -2.23. The van der Waals surface area contributed by atoms with Crippen LogP contribution in [0.3, 0.4) is 0 Å². The number of rotatable bonds is 2. The van der Waals surface area contributed by atoms with Crippen molar-refractivity contribution in [3.63, 3.8) is 0 Å². The van der Waals surface area contributed by atoms with Gasteiger partial charge in [0.1, 0.15) is 11.4 Å². The summed E-state index contributed by atoms with van der Waals surface area (Å²) in [5, 5.41) is 0. The van der Waals surface area contributed by atoms with Gasteiger partial charge in [-0.2, -0.15) is 0 Å². The van der Waals surface area contributed by atoms with E-state index >= 15 is 0 Å². The predicted molar refractivity (Wildman–Crippen MR) is 82.3 cm³/mol. The van der Waals surface area contributed by atoms with Crippen molar-refractivity contribution in [3.8, 4) is 5.75 Å². The normalized spacial score (nSPS) is 11.3. The van der Waals surface area contributed by atoms with Crippen LogP contribution in [0.4, 0.5) is 0 Å². The maximum Gasteiger partial charge on any atom is 0.146 e. The molecular weight excluding hydrogens is 414 g/mol. The minimum Gasteiger partial charge on any atom is -0.486 e. The van der Waals surface area contributed by atoms with Crippen molar-refractivity contribution in [3.05, 3.63) is 31.4 Å². The smallest absolute Gasteiger partial charge is 0.146 e. The van der Waals surface area contributed by atoms with E-state index in [4.69, 9.17) is 4.74 Å². The third kappa shape index (κ3) is 3.94. The molecule has 0 fully saturated rings. The molecule has 0 aliphatic carbocycles. The van der Waals surface area contributed by atoms with Crippen molar-refractivity contribution in [2.45, 2.75) is 26.4 Å². The standard InChI is InChI=1S/C12H14I2O/c1-5-8-6-9(13)11(10(14)7-8)15-12(2,3)4/h5-7H,1H2,2-4H3. The van der Waals surface area contributed by atoms with Crippen LogP contribution in [-0.2, 0) is 0 Å². The minimum atomic E-state index is -0.157. The Kier molecular flexibility index (Phi) is 4.46. The third-order valence-electron chi connectivity index (χ3n) is 1.66. The molecular formula is C12H14I2O. The third-order valence-corrected chi connectivity index (χ3v) is 3.27. The second-order valence-electron chi connectivity index (χ2n) is 4.23. The van der Waals surface area contributed by atoms with Crippen LogP contribution >= 0.6 is 45.2 Å². The summed E-state index contributed by atoms with van der Waals surface area (Å²) in [4.78, 5) is 0. The molecule has 0 aromatic heterocycles. The summed E-state index contributed by atoms with van der Waals surface area (Å²) in [7, 11) is 0. The second-order valence-corrected chi connectivity index (χ2v) is 6.56. The monoisotopic (exact) mass is 428 g/mol. The van der Waals surface area contributed by atoms with Gasteiger partial charge in [-0.1, -0.05) is 12.7 Å². The first-order chi connectivity index (χ1) is 6.83. The maximum atomic E-state index is 5.91. The lowest BCUT2D eigenvalue weighted by atomic mass is 10.1. The average molecular weight is 428 g/mol. The van der Waals surface area contributed by atoms with Gasteiger partial charge in [0.25, 0.3) is 0 Å². The van der Waals surface area contributed by atoms with E-state index in [1.807, 2.05) is 6.08 Å². The van der Waals surface area contributed by atoms with E-state index in [-0.39, 0.29) is 5.60 Å². The van der Waals surface area contributed by atoms with E-state index in [2.05, 4.69) is 84.7 Å². The van der Waals surface area contributed by atoms with Gasteiger partial charge in [-0.15, -0.1) is 0 Å². The molecule has 0 saturated carbocycles. The van der Waals surface area contributed by atoms with Gasteiger partial charge in [0.05, 0.1) is 7.14 Å². The summed E-state index contributed by atoms with van der Waals surface area (Å²) in [6, 6.07) is 4.16. The molecule has 0 bridgehead atoms. The summed E-state index contributed by atoms with van der Waals surface area (Å²) >= 11 is 4.59. The number of hydrogen-bond acceptors (Lipinski definition) is 1. The number of halogens is 2. The van der Waals surface area contributed by atoms with E-state index in [9.17, 15) is 0 Å². The van der Waals surface area contributed by atoms with Crippen molar-refractivity contribution in [1.29, 1.82) is 0 Å². The molecule has 0 atom stereocenters. The summed E-state index contributed by atoms with van der Waals surface area (Å²) in [6.45, 7) is 9.94. The molecule has 0 unspecified atom stereocenters. The molecule has 0 saturated heterocycles. The van der Waals surface area contributed by atoms with Crippen LogP contribution in [0.15, 0.2) is 18.7 Å². The van der Waals surface area contributed by atoms with E-state index in [0.717, 1.165) is 18.5 Å². The summed E-state index contributed by atoms with van der Waals surface area (Å²) in [5.41, 5.74) is 0.972. The second kappa shape index (κ2) is 5.03. The Balaban J connectivity index is 3.14. The van der Waals surface area contributed by atoms with Crippen LogP contribution in [0.25, 0.3) is 6.08 Å². The average Bonchev–Trinajstić information content (AvgIpc) is 2.09. The Morgan fingerprint density at radius 2 is 1.67 bits per heavy atom. The summed E-state index contributed by atoms with van der Waals surface area (Å²) < 4.78 is 8.17. The van der Waals surface area contributed by atoms with E-state index < -0.39 is 0 Å². The van der Waals surface area contributed by atoms with E-state index in [1.165, 1.54) is 0 Å². The largest absolute Gasteiger partial charge is 0.486 e. The van der Waals surface area contributed by atoms with Gasteiger partial charge >= 0.3 is 0 Å². The fourth-order valence-electron chi connectivity index (χ4n) is 1.10. The summed E-state index contributed by atoms with van der Waals surface area (Å²) in [6.07, 6.45) is 1.85. The van der Waals surface area contributed by atoms with Crippen LogP contribution in [0.1, 0.15) is 26.3 Å². The fourth-order valence-corrected chi connectivity index (χ4v) is 3.14. The van der Waals surface area contributed by atoms with Crippen LogP contribution in [-0.4, -0.2) is 5.60 Å². The van der Waals surface area contributed by atoms with Crippen LogP contribution in [0, 0.1) is 7.14 Å². The molecule has 1 rings (SSSR count). The van der Waals surface area contributed by atoms with Gasteiger partial charge in [0.2, 0.25) is 0 Å². The van der Waals surface area contributed by atoms with Crippen molar-refractivity contribution < 1.29 is 4.74 Å². The highest BCUT2D eigenvalue weighted by molar-refractivity contribution is 14.1. The van der Waals surface area contributed by atoms with Crippen LogP contribution in [0.5, 0.6) is 5.75 Å². The first-order valence-corrected chi connectivity index (χ1v) is 6.80. The first kappa shape index (κ1) is 13.3. The zero-order valence-electron chi connectivity index (χ0n) is 9.10. The van der Waals surface area contributed by atoms with Gasteiger partial charge in [-0.05, 0) is 83.6 Å². The lowest BCUT2D eigenvalue weighted by Crippen LogP contribution is -2.24. The van der Waals surface area contributed by atoms with Gasteiger partial charge < -0.3 is 4.74 Å². The SMILES string of the molecule is C=Cc1cc(I)c(OC(C)(C)C)c(I)c1. The van der Waals surface area contributed by atoms with Crippen molar-refractivity contribution in [1.82, 2.24) is 0 Å². The van der Waals surface area contributed by atoms with E-state index in [0.29, 0.717) is 0 Å². The van der Waals surface area contributed by atoms with Gasteiger partial charge in [-0.3, -0.25) is 0 Å². The van der Waals surface area contributed by atoms with Crippen LogP contribution < -0.4 is 4.74 Å². The van der Waals surface area contributed by atoms with E-state index in [1.54, 1.807) is 0 Å². The number of ether oxygens (including phenoxy) is 1. The molecule has 1 aromatic rings. The quantitative estimate of drug-likeness (QED) is 0.620. The lowest BCUT2D eigenvalue weighted by molar-refractivity contribution is 0.128. The van der Waals surface area contributed by atoms with Crippen molar-refractivity contribution in [2.75, 3.05) is 0 Å². The Hall–Kier alpha value is 0.220. The molecule has 1 nitrogen and oxygen atoms in total. The molecule has 82 valence electrons. The Morgan fingerprint density at radius 3 is 2.00 bits per heavy atom. The van der Waals surface area contributed by atoms with Gasteiger partial charge in [0, 0.05) is 0 Å². The molecule has 0 spiro atoms. The van der Waals surface area contributed by atoms with Gasteiger partial charge in [-0.25, -0.2) is 0 Å². The molecule has 0 heterocycles. The predicted octanol–water partition coefficient (Wildman–Crippen LogP) is 4.72. The molecule has 1 aromatic carbocycles. The van der Waals surface area contributed by atoms with Crippen molar-refractivity contribution >= 4 is 51.3 Å². The zero-order chi connectivity index (χ0) is 11.6. The first-order valence-electron chi connectivity index (χ1n) is 4.64. The molecule has 3 heteroatoms. The molecule has 0 radical (unpaired) electrons. The molecule has 0 amide bonds. The Bertz CT molecular complexity index is 355. The Morgan fingerprint density at radius 1 is 1.20 bits per heavy atom. The minimum absolute atomic E-state index is 0.157. The molecule has 15 heavy (non-hydrogen) atoms. The molecule has 0 aliphatic rings. The highest BCUT2D eigenvalue weighted by Crippen LogP contribution is 2.31. The zero-order valence-corrected chi connectivity index (χ0v) is 13.4. The number of hydrogen-bond donors (Lipinski definition) is 0. The van der Waals surface area contributed by atoms with Crippen molar-refractivity contribution in [2.24, 2.45) is 0 Å². The van der Waals surface area contributed by atoms with Crippen LogP contribution in [0.2, 0.25) is 0 Å². The summed E-state index contributed by atoms with van der Waals surface area (Å²) in [5.74, 6) is 0.967. The highest BCUT2D eigenvalue weighted by Gasteiger charge is 2.16. The highest BCUT2D eigenvalue weighted by atomic mass is 127. The number of benzene rings is 1.